The molecule has 1 aliphatic rings. The number of hydrogen-bond donors (Lipinski definition) is 0. The quantitative estimate of drug-likeness (QED) is 0.795. The number of anilines is 1. The standard InChI is InChI=1S/C18H22N4O3S/c1-3-10-26(23,24)22-8-6-21(7-9-22)18-15(13-19)11-14-12-16(25-2)4-5-17(14)20-18/h4-5,11-12H,3,6-10H2,1-2H3. The van der Waals surface area contributed by atoms with Gasteiger partial charge in [-0.2, -0.15) is 9.57 Å². The van der Waals surface area contributed by atoms with Crippen molar-refractivity contribution in [2.24, 2.45) is 0 Å². The fourth-order valence-electron chi connectivity index (χ4n) is 3.16. The van der Waals surface area contributed by atoms with Crippen molar-refractivity contribution in [1.82, 2.24) is 9.29 Å². The highest BCUT2D eigenvalue weighted by atomic mass is 32.2. The molecule has 0 radical (unpaired) electrons. The summed E-state index contributed by atoms with van der Waals surface area (Å²) in [6, 6.07) is 9.56. The second-order valence-electron chi connectivity index (χ2n) is 6.23. The van der Waals surface area contributed by atoms with Gasteiger partial charge in [-0.05, 0) is 30.7 Å². The summed E-state index contributed by atoms with van der Waals surface area (Å²) in [5, 5.41) is 10.4. The van der Waals surface area contributed by atoms with Gasteiger partial charge >= 0.3 is 0 Å². The lowest BCUT2D eigenvalue weighted by molar-refractivity contribution is 0.383. The van der Waals surface area contributed by atoms with E-state index in [2.05, 4.69) is 11.1 Å². The highest BCUT2D eigenvalue weighted by Crippen LogP contribution is 2.27. The monoisotopic (exact) mass is 374 g/mol. The maximum Gasteiger partial charge on any atom is 0.214 e. The van der Waals surface area contributed by atoms with Gasteiger partial charge in [0.2, 0.25) is 10.0 Å². The summed E-state index contributed by atoms with van der Waals surface area (Å²) in [5.74, 6) is 1.50. The molecule has 0 atom stereocenters. The summed E-state index contributed by atoms with van der Waals surface area (Å²) in [7, 11) is -1.59. The fraction of sp³-hybridized carbons (Fsp3) is 0.444. The zero-order valence-corrected chi connectivity index (χ0v) is 15.8. The number of aromatic nitrogens is 1. The van der Waals surface area contributed by atoms with Crippen LogP contribution in [0, 0.1) is 11.3 Å². The first kappa shape index (κ1) is 18.4. The normalized spacial score (nSPS) is 15.8. The molecule has 26 heavy (non-hydrogen) atoms. The molecule has 0 amide bonds. The van der Waals surface area contributed by atoms with Gasteiger partial charge in [0.1, 0.15) is 17.6 Å². The highest BCUT2D eigenvalue weighted by molar-refractivity contribution is 7.89. The van der Waals surface area contributed by atoms with Crippen molar-refractivity contribution in [2.75, 3.05) is 43.9 Å². The van der Waals surface area contributed by atoms with E-state index in [1.807, 2.05) is 30.0 Å². The van der Waals surface area contributed by atoms with E-state index in [0.717, 1.165) is 10.9 Å². The van der Waals surface area contributed by atoms with E-state index in [0.29, 0.717) is 49.7 Å². The molecule has 8 heteroatoms. The lowest BCUT2D eigenvalue weighted by atomic mass is 10.1. The minimum absolute atomic E-state index is 0.173. The molecule has 0 spiro atoms. The fourth-order valence-corrected chi connectivity index (χ4v) is 4.65. The maximum absolute atomic E-state index is 12.2. The summed E-state index contributed by atoms with van der Waals surface area (Å²) in [6.45, 7) is 3.73. The number of methoxy groups -OCH3 is 1. The van der Waals surface area contributed by atoms with Crippen LogP contribution in [0.25, 0.3) is 10.9 Å². The molecule has 1 aromatic carbocycles. The molecule has 1 saturated heterocycles. The molecule has 138 valence electrons. The Hall–Kier alpha value is -2.37. The van der Waals surface area contributed by atoms with Crippen molar-refractivity contribution >= 4 is 26.7 Å². The molecule has 0 aliphatic carbocycles. The first-order chi connectivity index (χ1) is 12.5. The van der Waals surface area contributed by atoms with E-state index in [9.17, 15) is 13.7 Å². The first-order valence-corrected chi connectivity index (χ1v) is 10.2. The number of nitriles is 1. The van der Waals surface area contributed by atoms with E-state index in [4.69, 9.17) is 4.74 Å². The maximum atomic E-state index is 12.2. The van der Waals surface area contributed by atoms with Gasteiger partial charge in [0.25, 0.3) is 0 Å². The molecule has 3 rings (SSSR count). The minimum atomic E-state index is -3.19. The molecule has 0 bridgehead atoms. The van der Waals surface area contributed by atoms with Gasteiger partial charge in [-0.25, -0.2) is 13.4 Å². The molecule has 0 unspecified atom stereocenters. The van der Waals surface area contributed by atoms with E-state index >= 15 is 0 Å². The average molecular weight is 374 g/mol. The summed E-state index contributed by atoms with van der Waals surface area (Å²) < 4.78 is 31.2. The van der Waals surface area contributed by atoms with Crippen molar-refractivity contribution in [3.8, 4) is 11.8 Å². The van der Waals surface area contributed by atoms with Gasteiger partial charge in [0.05, 0.1) is 23.9 Å². The van der Waals surface area contributed by atoms with Crippen molar-refractivity contribution in [2.45, 2.75) is 13.3 Å². The van der Waals surface area contributed by atoms with Gasteiger partial charge in [-0.1, -0.05) is 6.92 Å². The Labute approximate surface area is 153 Å². The van der Waals surface area contributed by atoms with Crippen LogP contribution < -0.4 is 9.64 Å². The van der Waals surface area contributed by atoms with E-state index in [-0.39, 0.29) is 5.75 Å². The number of pyridine rings is 1. The zero-order valence-electron chi connectivity index (χ0n) is 15.0. The Kier molecular flexibility index (Phi) is 5.30. The van der Waals surface area contributed by atoms with Crippen LogP contribution in [-0.4, -0.2) is 56.7 Å². The lowest BCUT2D eigenvalue weighted by Crippen LogP contribution is -2.49. The SMILES string of the molecule is CCCS(=O)(=O)N1CCN(c2nc3ccc(OC)cc3cc2C#N)CC1. The molecule has 0 saturated carbocycles. The third kappa shape index (κ3) is 3.59. The predicted octanol–water partition coefficient (Wildman–Crippen LogP) is 1.98. The molecule has 2 aromatic rings. The molecular formula is C18H22N4O3S. The van der Waals surface area contributed by atoms with E-state index in [1.165, 1.54) is 4.31 Å². The van der Waals surface area contributed by atoms with E-state index in [1.54, 1.807) is 13.2 Å². The van der Waals surface area contributed by atoms with Crippen LogP contribution in [0.2, 0.25) is 0 Å². The molecule has 1 aliphatic heterocycles. The first-order valence-electron chi connectivity index (χ1n) is 8.60. The van der Waals surface area contributed by atoms with Crippen LogP contribution in [0.3, 0.4) is 0 Å². The predicted molar refractivity (Wildman–Crippen MR) is 101 cm³/mol. The van der Waals surface area contributed by atoms with Gasteiger partial charge < -0.3 is 9.64 Å². The third-order valence-corrected chi connectivity index (χ3v) is 6.59. The van der Waals surface area contributed by atoms with Gasteiger partial charge in [-0.3, -0.25) is 0 Å². The smallest absolute Gasteiger partial charge is 0.214 e. The van der Waals surface area contributed by atoms with Crippen LogP contribution in [0.1, 0.15) is 18.9 Å². The molecule has 0 N–H and O–H groups in total. The Morgan fingerprint density at radius 1 is 1.23 bits per heavy atom. The molecule has 2 heterocycles. The Morgan fingerprint density at radius 3 is 2.58 bits per heavy atom. The number of sulfonamides is 1. The number of hydrogen-bond acceptors (Lipinski definition) is 6. The number of piperazine rings is 1. The van der Waals surface area contributed by atoms with Gasteiger partial charge in [0.15, 0.2) is 0 Å². The molecule has 1 aromatic heterocycles. The summed E-state index contributed by atoms with van der Waals surface area (Å²) in [5.41, 5.74) is 1.26. The summed E-state index contributed by atoms with van der Waals surface area (Å²) in [6.07, 6.45) is 0.608. The van der Waals surface area contributed by atoms with Crippen molar-refractivity contribution in [3.05, 3.63) is 29.8 Å². The highest BCUT2D eigenvalue weighted by Gasteiger charge is 2.27. The Morgan fingerprint density at radius 2 is 1.96 bits per heavy atom. The summed E-state index contributed by atoms with van der Waals surface area (Å²) in [4.78, 5) is 6.63. The molecular weight excluding hydrogens is 352 g/mol. The number of nitrogens with zero attached hydrogens (tertiary/aromatic N) is 4. The second kappa shape index (κ2) is 7.48. The molecule has 1 fully saturated rings. The van der Waals surface area contributed by atoms with Crippen molar-refractivity contribution in [1.29, 1.82) is 5.26 Å². The molecule has 7 nitrogen and oxygen atoms in total. The Bertz CT molecular complexity index is 945. The van der Waals surface area contributed by atoms with Gasteiger partial charge in [-0.15, -0.1) is 0 Å². The topological polar surface area (TPSA) is 86.5 Å². The van der Waals surface area contributed by atoms with E-state index < -0.39 is 10.0 Å². The minimum Gasteiger partial charge on any atom is -0.497 e. The number of ether oxygens (including phenoxy) is 1. The van der Waals surface area contributed by atoms with Crippen molar-refractivity contribution < 1.29 is 13.2 Å². The van der Waals surface area contributed by atoms with Crippen LogP contribution in [0.4, 0.5) is 5.82 Å². The van der Waals surface area contributed by atoms with Gasteiger partial charge in [0, 0.05) is 31.6 Å². The van der Waals surface area contributed by atoms with Crippen LogP contribution in [0.5, 0.6) is 5.75 Å². The van der Waals surface area contributed by atoms with Crippen LogP contribution in [0.15, 0.2) is 24.3 Å². The Balaban J connectivity index is 1.86. The van der Waals surface area contributed by atoms with Crippen LogP contribution >= 0.6 is 0 Å². The van der Waals surface area contributed by atoms with Crippen LogP contribution in [-0.2, 0) is 10.0 Å². The number of benzene rings is 1. The average Bonchev–Trinajstić information content (AvgIpc) is 2.66. The van der Waals surface area contributed by atoms with Crippen molar-refractivity contribution in [3.63, 3.8) is 0 Å². The number of rotatable bonds is 5. The largest absolute Gasteiger partial charge is 0.497 e. The summed E-state index contributed by atoms with van der Waals surface area (Å²) >= 11 is 0. The third-order valence-electron chi connectivity index (χ3n) is 4.52. The zero-order chi connectivity index (χ0) is 18.7. The number of fused-ring (bicyclic) bond motifs is 1. The second-order valence-corrected chi connectivity index (χ2v) is 8.32. The lowest BCUT2D eigenvalue weighted by Gasteiger charge is -2.35.